The molecule has 0 spiro atoms. The second-order valence-electron chi connectivity index (χ2n) is 6.12. The Morgan fingerprint density at radius 2 is 1.12 bits per heavy atom. The minimum Gasteiger partial charge on any atom is -0.418 e. The van der Waals surface area contributed by atoms with Crippen molar-refractivity contribution < 1.29 is 46.7 Å². The van der Waals surface area contributed by atoms with E-state index < -0.39 is 8.60 Å². The van der Waals surface area contributed by atoms with Gasteiger partial charge in [0.25, 0.3) is 0 Å². The monoisotopic (exact) mass is 435 g/mol. The van der Waals surface area contributed by atoms with Gasteiger partial charge in [0.2, 0.25) is 0 Å². The average Bonchev–Trinajstić information content (AvgIpc) is 2.63. The van der Waals surface area contributed by atoms with Crippen LogP contribution in [0.4, 0.5) is 0 Å². The van der Waals surface area contributed by atoms with E-state index in [1.807, 2.05) is 48.5 Å². The van der Waals surface area contributed by atoms with Gasteiger partial charge in [0, 0.05) is 50.3 Å². The summed E-state index contributed by atoms with van der Waals surface area (Å²) in [6.07, 6.45) is 0.691. The van der Waals surface area contributed by atoms with Crippen molar-refractivity contribution in [2.45, 2.75) is 6.42 Å². The molecule has 0 bridgehead atoms. The minimum absolute atomic E-state index is 0. The van der Waals surface area contributed by atoms with Crippen LogP contribution in [-0.4, -0.2) is 4.89 Å². The van der Waals surface area contributed by atoms with Gasteiger partial charge in [-0.2, -0.15) is 0 Å². The molecule has 0 atom stereocenters. The van der Waals surface area contributed by atoms with Crippen LogP contribution in [0.25, 0.3) is 21.5 Å². The molecule has 5 heteroatoms. The van der Waals surface area contributed by atoms with Crippen molar-refractivity contribution in [3.05, 3.63) is 83.9 Å². The molecule has 0 aromatic heterocycles. The molecule has 0 aliphatic carbocycles. The van der Waals surface area contributed by atoms with E-state index in [1.165, 1.54) is 0 Å². The molecule has 5 rings (SSSR count). The van der Waals surface area contributed by atoms with E-state index >= 15 is 0 Å². The zero-order valence-corrected chi connectivity index (χ0v) is 17.7. The largest absolute Gasteiger partial charge is 0.460 e. The summed E-state index contributed by atoms with van der Waals surface area (Å²) in [5, 5.41) is 4.61. The van der Waals surface area contributed by atoms with Crippen molar-refractivity contribution >= 4 is 30.1 Å². The summed E-state index contributed by atoms with van der Waals surface area (Å²) in [7, 11) is -2.02. The maximum Gasteiger partial charge on any atom is 0.460 e. The van der Waals surface area contributed by atoms with Crippen LogP contribution in [0.1, 0.15) is 11.1 Å². The summed E-state index contributed by atoms with van der Waals surface area (Å²) in [5.41, 5.74) is 2.17. The van der Waals surface area contributed by atoms with Crippen LogP contribution in [0, 0.1) is 0 Å². The Kier molecular flexibility index (Phi) is 4.99. The number of rotatable bonds is 0. The summed E-state index contributed by atoms with van der Waals surface area (Å²) >= 11 is 0. The molecular weight excluding hydrogens is 420 g/mol. The quantitative estimate of drug-likeness (QED) is 0.367. The summed E-state index contributed by atoms with van der Waals surface area (Å²) in [4.78, 5) is 10.3. The van der Waals surface area contributed by atoms with E-state index in [0.717, 1.165) is 32.7 Å². The Hall–Kier alpha value is -1.51. The van der Waals surface area contributed by atoms with Gasteiger partial charge in [0.15, 0.2) is 0 Å². The van der Waals surface area contributed by atoms with Gasteiger partial charge in [0.05, 0.1) is 0 Å². The van der Waals surface area contributed by atoms with Crippen LogP contribution in [0.5, 0.6) is 11.5 Å². The topological polar surface area (TPSA) is 38.7 Å². The van der Waals surface area contributed by atoms with Crippen molar-refractivity contribution in [3.63, 3.8) is 0 Å². The number of benzene rings is 4. The van der Waals surface area contributed by atoms with Crippen LogP contribution in [0.15, 0.2) is 72.8 Å². The van der Waals surface area contributed by atoms with Gasteiger partial charge in [-0.3, -0.25) is 0 Å². The predicted octanol–water partition coefficient (Wildman–Crippen LogP) is 5.57. The molecule has 0 amide bonds. The SMILES string of the molecule is OP1Oc2ccc3ccccc3c2Cc2c(ccc3ccccc23)O1.[Y]. The first kappa shape index (κ1) is 17.9. The zero-order chi connectivity index (χ0) is 16.8. The molecule has 0 fully saturated rings. The van der Waals surface area contributed by atoms with Crippen LogP contribution in [0.2, 0.25) is 0 Å². The summed E-state index contributed by atoms with van der Waals surface area (Å²) in [5.74, 6) is 1.37. The maximum atomic E-state index is 10.3. The third kappa shape index (κ3) is 3.04. The normalized spacial score (nSPS) is 13.6. The molecule has 125 valence electrons. The van der Waals surface area contributed by atoms with Gasteiger partial charge in [-0.1, -0.05) is 60.7 Å². The Labute approximate surface area is 177 Å². The third-order valence-electron chi connectivity index (χ3n) is 4.70. The van der Waals surface area contributed by atoms with Gasteiger partial charge in [-0.05, 0) is 33.7 Å². The van der Waals surface area contributed by atoms with Crippen LogP contribution >= 0.6 is 8.60 Å². The molecule has 1 N–H and O–H groups in total. The summed E-state index contributed by atoms with van der Waals surface area (Å²) in [6.45, 7) is 0. The van der Waals surface area contributed by atoms with Crippen molar-refractivity contribution in [2.24, 2.45) is 0 Å². The first-order chi connectivity index (χ1) is 12.3. The Morgan fingerprint density at radius 3 is 1.62 bits per heavy atom. The molecule has 1 heterocycles. The second-order valence-corrected chi connectivity index (χ2v) is 6.96. The standard InChI is InChI=1S/C21H15O3P.Y/c22-25-23-20-11-9-14-5-1-3-7-16(14)18(20)13-19-17-8-4-2-6-15(17)10-12-21(19)24-25;/h1-12,22H,13H2;. The fourth-order valence-electron chi connectivity index (χ4n) is 3.53. The fourth-order valence-corrected chi connectivity index (χ4v) is 4.25. The third-order valence-corrected chi connectivity index (χ3v) is 5.41. The maximum absolute atomic E-state index is 10.3. The van der Waals surface area contributed by atoms with E-state index in [0.29, 0.717) is 17.9 Å². The van der Waals surface area contributed by atoms with Crippen molar-refractivity contribution in [1.82, 2.24) is 0 Å². The number of hydrogen-bond donors (Lipinski definition) is 1. The summed E-state index contributed by atoms with van der Waals surface area (Å²) < 4.78 is 11.4. The molecular formula is C21H15O3PY. The molecule has 0 saturated carbocycles. The predicted molar refractivity (Wildman–Crippen MR) is 101 cm³/mol. The Morgan fingerprint density at radius 1 is 0.654 bits per heavy atom. The fraction of sp³-hybridized carbons (Fsp3) is 0.0476. The molecule has 0 unspecified atom stereocenters. The first-order valence-electron chi connectivity index (χ1n) is 8.16. The van der Waals surface area contributed by atoms with E-state index in [2.05, 4.69) is 24.3 Å². The zero-order valence-electron chi connectivity index (χ0n) is 13.9. The minimum atomic E-state index is -2.02. The Bertz CT molecular complexity index is 1030. The van der Waals surface area contributed by atoms with Crippen molar-refractivity contribution in [2.75, 3.05) is 0 Å². The van der Waals surface area contributed by atoms with Gasteiger partial charge in [0.1, 0.15) is 11.5 Å². The molecule has 4 aromatic carbocycles. The number of hydrogen-bond acceptors (Lipinski definition) is 3. The van der Waals surface area contributed by atoms with Gasteiger partial charge >= 0.3 is 8.60 Å². The smallest absolute Gasteiger partial charge is 0.418 e. The van der Waals surface area contributed by atoms with E-state index in [4.69, 9.17) is 9.05 Å². The van der Waals surface area contributed by atoms with E-state index in [-0.39, 0.29) is 32.7 Å². The molecule has 3 nitrogen and oxygen atoms in total. The molecule has 26 heavy (non-hydrogen) atoms. The molecule has 4 aromatic rings. The average molecular weight is 435 g/mol. The van der Waals surface area contributed by atoms with Crippen LogP contribution in [0.3, 0.4) is 0 Å². The second kappa shape index (κ2) is 7.25. The van der Waals surface area contributed by atoms with Crippen molar-refractivity contribution in [1.29, 1.82) is 0 Å². The van der Waals surface area contributed by atoms with Crippen molar-refractivity contribution in [3.8, 4) is 11.5 Å². The Balaban J connectivity index is 0.00000168. The first-order valence-corrected chi connectivity index (χ1v) is 9.29. The van der Waals surface area contributed by atoms with E-state index in [9.17, 15) is 4.89 Å². The van der Waals surface area contributed by atoms with Gasteiger partial charge < -0.3 is 13.9 Å². The molecule has 1 aliphatic heterocycles. The number of fused-ring (bicyclic) bond motifs is 6. The van der Waals surface area contributed by atoms with E-state index in [1.54, 1.807) is 0 Å². The summed E-state index contributed by atoms with van der Waals surface area (Å²) in [6, 6.07) is 24.4. The van der Waals surface area contributed by atoms with Crippen LogP contribution < -0.4 is 9.05 Å². The molecule has 1 radical (unpaired) electrons. The molecule has 1 aliphatic rings. The van der Waals surface area contributed by atoms with Gasteiger partial charge in [-0.25, -0.2) is 0 Å². The molecule has 0 saturated heterocycles. The van der Waals surface area contributed by atoms with Gasteiger partial charge in [-0.15, -0.1) is 0 Å². The van der Waals surface area contributed by atoms with Crippen LogP contribution in [-0.2, 0) is 39.1 Å².